The number of rotatable bonds is 3. The Morgan fingerprint density at radius 2 is 1.63 bits per heavy atom. The van der Waals surface area contributed by atoms with E-state index in [1.165, 1.54) is 12.1 Å². The number of amides is 3. The van der Waals surface area contributed by atoms with Crippen LogP contribution in [0.2, 0.25) is 0 Å². The quantitative estimate of drug-likeness (QED) is 0.781. The molecule has 0 aromatic heterocycles. The van der Waals surface area contributed by atoms with Gasteiger partial charge in [-0.05, 0) is 12.1 Å². The summed E-state index contributed by atoms with van der Waals surface area (Å²) in [6.07, 6.45) is 0. The molecule has 0 fully saturated rings. The van der Waals surface area contributed by atoms with Gasteiger partial charge in [0, 0.05) is 6.92 Å². The first-order chi connectivity index (χ1) is 8.93. The van der Waals surface area contributed by atoms with Crippen LogP contribution in [0.4, 0.5) is 0 Å². The summed E-state index contributed by atoms with van der Waals surface area (Å²) in [6.45, 7) is 0.341. The van der Waals surface area contributed by atoms with Crippen molar-refractivity contribution in [2.75, 3.05) is 6.54 Å². The van der Waals surface area contributed by atoms with Crippen molar-refractivity contribution in [1.29, 1.82) is 0 Å². The van der Waals surface area contributed by atoms with E-state index in [9.17, 15) is 19.2 Å². The van der Waals surface area contributed by atoms with E-state index in [1.54, 1.807) is 12.1 Å². The number of carbonyl (C=O) groups excluding carboxylic acids is 3. The maximum Gasteiger partial charge on any atom is 0.325 e. The average molecular weight is 262 g/mol. The molecule has 1 aliphatic rings. The molecule has 2 rings (SSSR count). The fourth-order valence-corrected chi connectivity index (χ4v) is 1.85. The molecule has 0 radical (unpaired) electrons. The van der Waals surface area contributed by atoms with Gasteiger partial charge in [0.05, 0.1) is 11.1 Å². The summed E-state index contributed by atoms with van der Waals surface area (Å²) in [6, 6.07) is 6.08. The molecule has 1 N–H and O–H groups in total. The Bertz CT molecular complexity index is 561. The molecular weight excluding hydrogens is 252 g/mol. The summed E-state index contributed by atoms with van der Waals surface area (Å²) in [5, 5.41) is 9.93. The third kappa shape index (κ3) is 2.05. The fourth-order valence-electron chi connectivity index (χ4n) is 1.85. The summed E-state index contributed by atoms with van der Waals surface area (Å²) in [7, 11) is 0. The van der Waals surface area contributed by atoms with Crippen LogP contribution in [0.15, 0.2) is 24.3 Å². The van der Waals surface area contributed by atoms with Crippen molar-refractivity contribution in [3.63, 3.8) is 0 Å². The number of nitrogens with zero attached hydrogens (tertiary/aromatic N) is 2. The number of aliphatic carboxylic acids is 1. The Balaban J connectivity index is 2.42. The highest BCUT2D eigenvalue weighted by Gasteiger charge is 2.40. The molecule has 7 heteroatoms. The second-order valence-corrected chi connectivity index (χ2v) is 3.94. The number of hydrazine groups is 1. The Morgan fingerprint density at radius 3 is 2.00 bits per heavy atom. The summed E-state index contributed by atoms with van der Waals surface area (Å²) in [4.78, 5) is 46.2. The van der Waals surface area contributed by atoms with Crippen LogP contribution in [-0.2, 0) is 9.59 Å². The first kappa shape index (κ1) is 12.7. The first-order valence-corrected chi connectivity index (χ1v) is 5.41. The van der Waals surface area contributed by atoms with Gasteiger partial charge in [0.2, 0.25) is 5.91 Å². The van der Waals surface area contributed by atoms with Crippen LogP contribution in [0.25, 0.3) is 0 Å². The van der Waals surface area contributed by atoms with Gasteiger partial charge < -0.3 is 5.11 Å². The Morgan fingerprint density at radius 1 is 1.16 bits per heavy atom. The van der Waals surface area contributed by atoms with E-state index in [2.05, 4.69) is 0 Å². The van der Waals surface area contributed by atoms with Crippen LogP contribution in [-0.4, -0.2) is 45.4 Å². The van der Waals surface area contributed by atoms with E-state index in [4.69, 9.17) is 5.11 Å². The minimum Gasteiger partial charge on any atom is -0.480 e. The number of carboxylic acids is 1. The molecule has 1 aromatic rings. The minimum absolute atomic E-state index is 0.157. The second-order valence-electron chi connectivity index (χ2n) is 3.94. The van der Waals surface area contributed by atoms with Crippen molar-refractivity contribution < 1.29 is 24.3 Å². The van der Waals surface area contributed by atoms with Crippen molar-refractivity contribution in [2.24, 2.45) is 0 Å². The summed E-state index contributed by atoms with van der Waals surface area (Å²) >= 11 is 0. The average Bonchev–Trinajstić information content (AvgIpc) is 2.60. The number of carboxylic acid groups (broad SMARTS) is 1. The van der Waals surface area contributed by atoms with Crippen molar-refractivity contribution in [3.8, 4) is 0 Å². The zero-order valence-electron chi connectivity index (χ0n) is 9.99. The number of carbonyl (C=O) groups is 4. The molecule has 7 nitrogen and oxygen atoms in total. The minimum atomic E-state index is -1.31. The fraction of sp³-hybridized carbons (Fsp3) is 0.167. The first-order valence-electron chi connectivity index (χ1n) is 5.41. The van der Waals surface area contributed by atoms with Gasteiger partial charge >= 0.3 is 5.97 Å². The molecule has 1 aliphatic heterocycles. The predicted molar refractivity (Wildman–Crippen MR) is 62.0 cm³/mol. The van der Waals surface area contributed by atoms with Crippen molar-refractivity contribution in [2.45, 2.75) is 6.92 Å². The lowest BCUT2D eigenvalue weighted by atomic mass is 10.1. The molecular formula is C12H10N2O5. The van der Waals surface area contributed by atoms with Crippen LogP contribution in [0.5, 0.6) is 0 Å². The summed E-state index contributed by atoms with van der Waals surface area (Å²) in [5.74, 6) is -3.40. The third-order valence-corrected chi connectivity index (χ3v) is 2.66. The van der Waals surface area contributed by atoms with Gasteiger partial charge in [0.25, 0.3) is 11.8 Å². The van der Waals surface area contributed by atoms with Crippen molar-refractivity contribution in [1.82, 2.24) is 10.0 Å². The maximum atomic E-state index is 12.1. The van der Waals surface area contributed by atoms with Crippen LogP contribution in [0, 0.1) is 0 Å². The van der Waals surface area contributed by atoms with E-state index in [0.29, 0.717) is 10.0 Å². The zero-order valence-corrected chi connectivity index (χ0v) is 9.99. The standard InChI is InChI=1S/C12H10N2O5/c1-7(15)13(6-10(16)17)14-11(18)8-4-2-3-5-9(8)12(14)19/h2-5H,6H2,1H3,(H,16,17). The van der Waals surface area contributed by atoms with Gasteiger partial charge in [-0.3, -0.25) is 19.2 Å². The SMILES string of the molecule is CC(=O)N(CC(=O)O)N1C(=O)c2ccccc2C1=O. The van der Waals surface area contributed by atoms with Gasteiger partial charge in [0.15, 0.2) is 0 Å². The normalized spacial score (nSPS) is 13.4. The maximum absolute atomic E-state index is 12.1. The molecule has 1 aromatic carbocycles. The van der Waals surface area contributed by atoms with Gasteiger partial charge in [-0.15, -0.1) is 0 Å². The van der Waals surface area contributed by atoms with Gasteiger partial charge in [-0.25, -0.2) is 5.01 Å². The van der Waals surface area contributed by atoms with Gasteiger partial charge in [-0.1, -0.05) is 12.1 Å². The Hall–Kier alpha value is -2.70. The smallest absolute Gasteiger partial charge is 0.325 e. The lowest BCUT2D eigenvalue weighted by molar-refractivity contribution is -0.151. The lowest BCUT2D eigenvalue weighted by Gasteiger charge is -2.27. The molecule has 98 valence electrons. The van der Waals surface area contributed by atoms with E-state index in [-0.39, 0.29) is 11.1 Å². The summed E-state index contributed by atoms with van der Waals surface area (Å²) < 4.78 is 0. The molecule has 0 aliphatic carbocycles. The van der Waals surface area contributed by atoms with E-state index in [1.807, 2.05) is 0 Å². The molecule has 0 unspecified atom stereocenters. The van der Waals surface area contributed by atoms with Crippen LogP contribution in [0.1, 0.15) is 27.6 Å². The predicted octanol–water partition coefficient (Wildman–Crippen LogP) is 0.131. The molecule has 3 amide bonds. The molecule has 0 saturated carbocycles. The molecule has 0 bridgehead atoms. The van der Waals surface area contributed by atoms with Crippen molar-refractivity contribution >= 4 is 23.7 Å². The lowest BCUT2D eigenvalue weighted by Crippen LogP contribution is -2.50. The number of hydrogen-bond donors (Lipinski definition) is 1. The largest absolute Gasteiger partial charge is 0.480 e. The second kappa shape index (κ2) is 4.52. The summed E-state index contributed by atoms with van der Waals surface area (Å²) in [5.41, 5.74) is 0.313. The number of benzene rings is 1. The van der Waals surface area contributed by atoms with Crippen molar-refractivity contribution in [3.05, 3.63) is 35.4 Å². The van der Waals surface area contributed by atoms with E-state index in [0.717, 1.165) is 6.92 Å². The van der Waals surface area contributed by atoms with Gasteiger partial charge in [0.1, 0.15) is 6.54 Å². The van der Waals surface area contributed by atoms with Crippen LogP contribution in [0.3, 0.4) is 0 Å². The number of fused-ring (bicyclic) bond motifs is 1. The Labute approximate surface area is 108 Å². The Kier molecular flexibility index (Phi) is 3.04. The molecule has 0 saturated heterocycles. The topological polar surface area (TPSA) is 95.0 Å². The number of imide groups is 1. The molecule has 0 spiro atoms. The highest BCUT2D eigenvalue weighted by molar-refractivity contribution is 6.21. The molecule has 19 heavy (non-hydrogen) atoms. The molecule has 1 heterocycles. The van der Waals surface area contributed by atoms with E-state index >= 15 is 0 Å². The monoisotopic (exact) mass is 262 g/mol. The highest BCUT2D eigenvalue weighted by Crippen LogP contribution is 2.23. The van der Waals surface area contributed by atoms with Crippen LogP contribution < -0.4 is 0 Å². The van der Waals surface area contributed by atoms with Crippen LogP contribution >= 0.6 is 0 Å². The number of hydrogen-bond acceptors (Lipinski definition) is 4. The third-order valence-electron chi connectivity index (χ3n) is 2.66. The van der Waals surface area contributed by atoms with E-state index < -0.39 is 30.2 Å². The zero-order chi connectivity index (χ0) is 14.2. The highest BCUT2D eigenvalue weighted by atomic mass is 16.4. The van der Waals surface area contributed by atoms with Gasteiger partial charge in [-0.2, -0.15) is 5.01 Å². The molecule has 0 atom stereocenters.